The summed E-state index contributed by atoms with van der Waals surface area (Å²) in [5.41, 5.74) is 2.78. The minimum absolute atomic E-state index is 0.0281. The molecule has 0 aliphatic heterocycles. The standard InChI is InChI=1S/C16H15ClO2S/c17-16-8-7-15(20-16)14(18)10-19-13-6-5-11-3-1-2-4-12(11)9-13/h5-9H,1-4,10H2. The zero-order chi connectivity index (χ0) is 13.9. The number of ether oxygens (including phenoxy) is 1. The Labute approximate surface area is 127 Å². The third-order valence-corrected chi connectivity index (χ3v) is 4.81. The Balaban J connectivity index is 1.65. The number of hydrogen-bond acceptors (Lipinski definition) is 3. The predicted octanol–water partition coefficient (Wildman–Crippen LogP) is 4.54. The summed E-state index contributed by atoms with van der Waals surface area (Å²) in [5, 5.41) is 0. The Morgan fingerprint density at radius 2 is 1.95 bits per heavy atom. The predicted molar refractivity (Wildman–Crippen MR) is 82.2 cm³/mol. The summed E-state index contributed by atoms with van der Waals surface area (Å²) >= 11 is 7.12. The number of thiophene rings is 1. The van der Waals surface area contributed by atoms with Gasteiger partial charge in [0.2, 0.25) is 5.78 Å². The molecule has 4 heteroatoms. The van der Waals surface area contributed by atoms with E-state index in [9.17, 15) is 4.79 Å². The summed E-state index contributed by atoms with van der Waals surface area (Å²) < 4.78 is 6.24. The highest BCUT2D eigenvalue weighted by molar-refractivity contribution is 7.18. The largest absolute Gasteiger partial charge is 0.485 e. The molecule has 104 valence electrons. The molecule has 3 rings (SSSR count). The van der Waals surface area contributed by atoms with E-state index in [4.69, 9.17) is 16.3 Å². The van der Waals surface area contributed by atoms with Crippen molar-refractivity contribution in [1.29, 1.82) is 0 Å². The first-order valence-electron chi connectivity index (χ1n) is 6.75. The smallest absolute Gasteiger partial charge is 0.210 e. The Bertz CT molecular complexity index is 633. The van der Waals surface area contributed by atoms with Crippen LogP contribution in [0.5, 0.6) is 5.75 Å². The first-order valence-corrected chi connectivity index (χ1v) is 7.95. The Morgan fingerprint density at radius 1 is 1.15 bits per heavy atom. The van der Waals surface area contributed by atoms with Gasteiger partial charge in [0.05, 0.1) is 9.21 Å². The maximum atomic E-state index is 11.9. The molecule has 0 bridgehead atoms. The molecule has 20 heavy (non-hydrogen) atoms. The normalized spacial score (nSPS) is 13.8. The van der Waals surface area contributed by atoms with Gasteiger partial charge in [-0.15, -0.1) is 11.3 Å². The van der Waals surface area contributed by atoms with Crippen molar-refractivity contribution in [1.82, 2.24) is 0 Å². The molecule has 0 spiro atoms. The zero-order valence-corrected chi connectivity index (χ0v) is 12.6. The second-order valence-electron chi connectivity index (χ2n) is 4.95. The summed E-state index contributed by atoms with van der Waals surface area (Å²) in [6, 6.07) is 9.63. The van der Waals surface area contributed by atoms with Gasteiger partial charge in [0.1, 0.15) is 5.75 Å². The molecule has 1 aliphatic rings. The molecule has 1 aromatic carbocycles. The monoisotopic (exact) mass is 306 g/mol. The zero-order valence-electron chi connectivity index (χ0n) is 11.0. The van der Waals surface area contributed by atoms with Crippen molar-refractivity contribution in [3.63, 3.8) is 0 Å². The van der Waals surface area contributed by atoms with Gasteiger partial charge >= 0.3 is 0 Å². The van der Waals surface area contributed by atoms with Crippen LogP contribution in [0.25, 0.3) is 0 Å². The van der Waals surface area contributed by atoms with Crippen molar-refractivity contribution in [3.05, 3.63) is 50.7 Å². The Hall–Kier alpha value is -1.32. The number of rotatable bonds is 4. The fourth-order valence-electron chi connectivity index (χ4n) is 2.48. The third-order valence-electron chi connectivity index (χ3n) is 3.54. The number of hydrogen-bond donors (Lipinski definition) is 0. The molecule has 0 unspecified atom stereocenters. The number of carbonyl (C=O) groups is 1. The molecule has 2 aromatic rings. The number of Topliss-reactive ketones (excluding diaryl/α,β-unsaturated/α-hetero) is 1. The van der Waals surface area contributed by atoms with Gasteiger partial charge in [0.25, 0.3) is 0 Å². The maximum Gasteiger partial charge on any atom is 0.210 e. The van der Waals surface area contributed by atoms with Gasteiger partial charge in [-0.1, -0.05) is 17.7 Å². The highest BCUT2D eigenvalue weighted by Crippen LogP contribution is 2.26. The number of halogens is 1. The van der Waals surface area contributed by atoms with E-state index in [-0.39, 0.29) is 12.4 Å². The Morgan fingerprint density at radius 3 is 2.70 bits per heavy atom. The summed E-state index contributed by atoms with van der Waals surface area (Å²) in [7, 11) is 0. The molecule has 2 nitrogen and oxygen atoms in total. The van der Waals surface area contributed by atoms with Gasteiger partial charge in [-0.2, -0.15) is 0 Å². The fourth-order valence-corrected chi connectivity index (χ4v) is 3.45. The molecule has 0 N–H and O–H groups in total. The molecule has 0 amide bonds. The van der Waals surface area contributed by atoms with Crippen molar-refractivity contribution in [2.45, 2.75) is 25.7 Å². The third kappa shape index (κ3) is 3.05. The first-order chi connectivity index (χ1) is 9.72. The molecular weight excluding hydrogens is 292 g/mol. The van der Waals surface area contributed by atoms with E-state index in [1.165, 1.54) is 35.3 Å². The van der Waals surface area contributed by atoms with Crippen LogP contribution in [-0.4, -0.2) is 12.4 Å². The molecule has 0 radical (unpaired) electrons. The number of benzene rings is 1. The lowest BCUT2D eigenvalue weighted by molar-refractivity contribution is 0.0925. The summed E-state index contributed by atoms with van der Waals surface area (Å²) in [5.74, 6) is 0.751. The fraction of sp³-hybridized carbons (Fsp3) is 0.312. The molecular formula is C16H15ClO2S. The topological polar surface area (TPSA) is 26.3 Å². The van der Waals surface area contributed by atoms with Crippen LogP contribution < -0.4 is 4.74 Å². The van der Waals surface area contributed by atoms with Gasteiger partial charge < -0.3 is 4.74 Å². The number of carbonyl (C=O) groups excluding carboxylic acids is 1. The highest BCUT2D eigenvalue weighted by atomic mass is 35.5. The van der Waals surface area contributed by atoms with E-state index in [0.717, 1.165) is 18.6 Å². The molecule has 0 saturated heterocycles. The van der Waals surface area contributed by atoms with Crippen LogP contribution in [0.1, 0.15) is 33.6 Å². The molecule has 0 fully saturated rings. The van der Waals surface area contributed by atoms with Crippen molar-refractivity contribution in [3.8, 4) is 5.75 Å². The van der Waals surface area contributed by atoms with Crippen molar-refractivity contribution in [2.24, 2.45) is 0 Å². The average Bonchev–Trinajstić information content (AvgIpc) is 2.91. The van der Waals surface area contributed by atoms with Crippen LogP contribution in [-0.2, 0) is 12.8 Å². The van der Waals surface area contributed by atoms with Crippen molar-refractivity contribution in [2.75, 3.05) is 6.61 Å². The van der Waals surface area contributed by atoms with Crippen LogP contribution >= 0.6 is 22.9 Å². The van der Waals surface area contributed by atoms with Crippen LogP contribution in [0.2, 0.25) is 4.34 Å². The second kappa shape index (κ2) is 5.98. The Kier molecular flexibility index (Phi) is 4.08. The maximum absolute atomic E-state index is 11.9. The minimum atomic E-state index is -0.0281. The highest BCUT2D eigenvalue weighted by Gasteiger charge is 2.12. The van der Waals surface area contributed by atoms with E-state index < -0.39 is 0 Å². The SMILES string of the molecule is O=C(COc1ccc2c(c1)CCCC2)c1ccc(Cl)s1. The minimum Gasteiger partial charge on any atom is -0.485 e. The van der Waals surface area contributed by atoms with Crippen LogP contribution in [0.3, 0.4) is 0 Å². The second-order valence-corrected chi connectivity index (χ2v) is 6.67. The quantitative estimate of drug-likeness (QED) is 0.775. The molecule has 1 heterocycles. The van der Waals surface area contributed by atoms with Gasteiger partial charge in [-0.25, -0.2) is 0 Å². The summed E-state index contributed by atoms with van der Waals surface area (Å²) in [6.07, 6.45) is 4.77. The lowest BCUT2D eigenvalue weighted by atomic mass is 9.92. The average molecular weight is 307 g/mol. The van der Waals surface area contributed by atoms with Crippen LogP contribution in [0, 0.1) is 0 Å². The first kappa shape index (κ1) is 13.7. The van der Waals surface area contributed by atoms with Gasteiger partial charge in [0, 0.05) is 0 Å². The molecule has 0 saturated carbocycles. The van der Waals surface area contributed by atoms with E-state index >= 15 is 0 Å². The van der Waals surface area contributed by atoms with Crippen LogP contribution in [0.4, 0.5) is 0 Å². The van der Waals surface area contributed by atoms with Gasteiger partial charge in [-0.3, -0.25) is 4.79 Å². The molecule has 0 atom stereocenters. The van der Waals surface area contributed by atoms with Crippen LogP contribution in [0.15, 0.2) is 30.3 Å². The lowest BCUT2D eigenvalue weighted by Gasteiger charge is -2.16. The van der Waals surface area contributed by atoms with E-state index in [1.807, 2.05) is 6.07 Å². The van der Waals surface area contributed by atoms with Gasteiger partial charge in [0.15, 0.2) is 6.61 Å². The molecule has 1 aromatic heterocycles. The molecule has 1 aliphatic carbocycles. The van der Waals surface area contributed by atoms with E-state index in [2.05, 4.69) is 12.1 Å². The number of ketones is 1. The van der Waals surface area contributed by atoms with Crippen molar-refractivity contribution >= 4 is 28.7 Å². The van der Waals surface area contributed by atoms with Gasteiger partial charge in [-0.05, 0) is 61.1 Å². The van der Waals surface area contributed by atoms with Crippen molar-refractivity contribution < 1.29 is 9.53 Å². The number of fused-ring (bicyclic) bond motifs is 1. The lowest BCUT2D eigenvalue weighted by Crippen LogP contribution is -2.11. The van der Waals surface area contributed by atoms with E-state index in [1.54, 1.807) is 12.1 Å². The summed E-state index contributed by atoms with van der Waals surface area (Å²) in [6.45, 7) is 0.0651. The number of aryl methyl sites for hydroxylation is 2. The van der Waals surface area contributed by atoms with E-state index in [0.29, 0.717) is 9.21 Å². The summed E-state index contributed by atoms with van der Waals surface area (Å²) in [4.78, 5) is 12.6.